The Labute approximate surface area is 109 Å². The summed E-state index contributed by atoms with van der Waals surface area (Å²) in [6, 6.07) is 4.91. The second-order valence-electron chi connectivity index (χ2n) is 3.54. The van der Waals surface area contributed by atoms with E-state index in [0.717, 1.165) is 5.75 Å². The maximum absolute atomic E-state index is 12.1. The van der Waals surface area contributed by atoms with E-state index < -0.39 is 0 Å². The summed E-state index contributed by atoms with van der Waals surface area (Å²) in [6.07, 6.45) is 0. The molecular formula is C13H14O4S. The molecule has 0 radical (unpaired) electrons. The number of fused-ring (bicyclic) bond motifs is 1. The molecule has 1 aromatic carbocycles. The van der Waals surface area contributed by atoms with Crippen LogP contribution in [-0.4, -0.2) is 20.0 Å². The van der Waals surface area contributed by atoms with Crippen LogP contribution in [0.3, 0.4) is 0 Å². The van der Waals surface area contributed by atoms with E-state index in [0.29, 0.717) is 27.6 Å². The molecule has 0 saturated carbocycles. The van der Waals surface area contributed by atoms with Crippen molar-refractivity contribution in [2.45, 2.75) is 12.0 Å². The highest BCUT2D eigenvalue weighted by molar-refractivity contribution is 7.99. The van der Waals surface area contributed by atoms with Crippen molar-refractivity contribution >= 4 is 22.7 Å². The van der Waals surface area contributed by atoms with Crippen molar-refractivity contribution in [3.05, 3.63) is 28.4 Å². The molecule has 0 N–H and O–H groups in total. The van der Waals surface area contributed by atoms with Crippen LogP contribution in [0.4, 0.5) is 0 Å². The third-order valence-corrected chi connectivity index (χ3v) is 3.28. The van der Waals surface area contributed by atoms with Gasteiger partial charge in [-0.05, 0) is 17.9 Å². The van der Waals surface area contributed by atoms with E-state index >= 15 is 0 Å². The van der Waals surface area contributed by atoms with E-state index in [1.54, 1.807) is 19.2 Å². The summed E-state index contributed by atoms with van der Waals surface area (Å²) in [5.41, 5.74) is 0.309. The lowest BCUT2D eigenvalue weighted by atomic mass is 10.2. The molecular weight excluding hydrogens is 252 g/mol. The first-order chi connectivity index (χ1) is 8.71. The minimum Gasteiger partial charge on any atom is -0.496 e. The van der Waals surface area contributed by atoms with Crippen LogP contribution in [0, 0.1) is 0 Å². The highest BCUT2D eigenvalue weighted by Gasteiger charge is 2.14. The molecule has 2 aromatic rings. The van der Waals surface area contributed by atoms with Crippen molar-refractivity contribution in [3.63, 3.8) is 0 Å². The molecule has 0 spiro atoms. The Morgan fingerprint density at radius 3 is 2.50 bits per heavy atom. The topological polar surface area (TPSA) is 48.7 Å². The molecule has 1 heterocycles. The van der Waals surface area contributed by atoms with Crippen LogP contribution in [-0.2, 0) is 0 Å². The third-order valence-electron chi connectivity index (χ3n) is 2.51. The number of hydrogen-bond acceptors (Lipinski definition) is 5. The van der Waals surface area contributed by atoms with Gasteiger partial charge in [-0.25, -0.2) is 0 Å². The van der Waals surface area contributed by atoms with Crippen LogP contribution < -0.4 is 14.9 Å². The fourth-order valence-corrected chi connectivity index (χ4v) is 2.35. The Morgan fingerprint density at radius 1 is 1.22 bits per heavy atom. The second kappa shape index (κ2) is 5.35. The summed E-state index contributed by atoms with van der Waals surface area (Å²) < 4.78 is 16.1. The van der Waals surface area contributed by atoms with E-state index in [-0.39, 0.29) is 5.43 Å². The molecule has 5 heteroatoms. The summed E-state index contributed by atoms with van der Waals surface area (Å²) in [5, 5.41) is 0.999. The van der Waals surface area contributed by atoms with Gasteiger partial charge in [-0.1, -0.05) is 18.7 Å². The van der Waals surface area contributed by atoms with Gasteiger partial charge in [0, 0.05) is 6.07 Å². The Balaban J connectivity index is 2.80. The normalized spacial score (nSPS) is 10.6. The van der Waals surface area contributed by atoms with Gasteiger partial charge in [0.2, 0.25) is 0 Å². The van der Waals surface area contributed by atoms with Crippen LogP contribution in [0.2, 0.25) is 0 Å². The van der Waals surface area contributed by atoms with Crippen LogP contribution >= 0.6 is 11.8 Å². The summed E-state index contributed by atoms with van der Waals surface area (Å²) in [4.78, 5) is 12.1. The van der Waals surface area contributed by atoms with Gasteiger partial charge in [-0.2, -0.15) is 0 Å². The molecule has 0 atom stereocenters. The molecule has 2 rings (SSSR count). The van der Waals surface area contributed by atoms with Gasteiger partial charge < -0.3 is 13.9 Å². The predicted molar refractivity (Wildman–Crippen MR) is 72.0 cm³/mol. The summed E-state index contributed by atoms with van der Waals surface area (Å²) in [6.45, 7) is 2.00. The molecule has 0 aliphatic carbocycles. The van der Waals surface area contributed by atoms with Crippen molar-refractivity contribution < 1.29 is 13.9 Å². The largest absolute Gasteiger partial charge is 0.496 e. The molecule has 0 unspecified atom stereocenters. The van der Waals surface area contributed by atoms with E-state index in [9.17, 15) is 4.79 Å². The first-order valence-electron chi connectivity index (χ1n) is 5.53. The van der Waals surface area contributed by atoms with Crippen LogP contribution in [0.1, 0.15) is 6.92 Å². The third kappa shape index (κ3) is 2.18. The highest BCUT2D eigenvalue weighted by atomic mass is 32.2. The number of hydrogen-bond donors (Lipinski definition) is 0. The first kappa shape index (κ1) is 12.8. The van der Waals surface area contributed by atoms with Gasteiger partial charge >= 0.3 is 0 Å². The lowest BCUT2D eigenvalue weighted by molar-refractivity contribution is 0.393. The fraction of sp³-hybridized carbons (Fsp3) is 0.308. The predicted octanol–water partition coefficient (Wildman–Crippen LogP) is 2.92. The Kier molecular flexibility index (Phi) is 3.81. The van der Waals surface area contributed by atoms with Crippen LogP contribution in [0.25, 0.3) is 11.0 Å². The fourth-order valence-electron chi connectivity index (χ4n) is 1.73. The monoisotopic (exact) mass is 266 g/mol. The standard InChI is InChI=1S/C13H14O4S/c1-4-18-11-7-8(14)12-9(15-2)5-6-10(16-3)13(12)17-11/h5-7H,4H2,1-3H3. The van der Waals surface area contributed by atoms with Crippen molar-refractivity contribution in [3.8, 4) is 11.5 Å². The lowest BCUT2D eigenvalue weighted by Crippen LogP contribution is -2.03. The van der Waals surface area contributed by atoms with Crippen molar-refractivity contribution in [2.24, 2.45) is 0 Å². The Hall–Kier alpha value is -1.62. The van der Waals surface area contributed by atoms with Crippen LogP contribution in [0.5, 0.6) is 11.5 Å². The quantitative estimate of drug-likeness (QED) is 0.796. The summed E-state index contributed by atoms with van der Waals surface area (Å²) >= 11 is 1.47. The molecule has 4 nitrogen and oxygen atoms in total. The SMILES string of the molecule is CCSc1cc(=O)c2c(OC)ccc(OC)c2o1. The molecule has 18 heavy (non-hydrogen) atoms. The zero-order chi connectivity index (χ0) is 13.1. The van der Waals surface area contributed by atoms with E-state index in [1.165, 1.54) is 24.9 Å². The highest BCUT2D eigenvalue weighted by Crippen LogP contribution is 2.33. The maximum Gasteiger partial charge on any atom is 0.197 e. The van der Waals surface area contributed by atoms with Gasteiger partial charge in [-0.15, -0.1) is 0 Å². The van der Waals surface area contributed by atoms with Crippen LogP contribution in [0.15, 0.2) is 32.5 Å². The molecule has 0 aliphatic rings. The number of rotatable bonds is 4. The minimum atomic E-state index is -0.122. The maximum atomic E-state index is 12.1. The Morgan fingerprint density at radius 2 is 1.89 bits per heavy atom. The second-order valence-corrected chi connectivity index (χ2v) is 4.81. The van der Waals surface area contributed by atoms with Gasteiger partial charge in [0.25, 0.3) is 0 Å². The zero-order valence-electron chi connectivity index (χ0n) is 10.5. The molecule has 0 fully saturated rings. The van der Waals surface area contributed by atoms with Crippen molar-refractivity contribution in [1.82, 2.24) is 0 Å². The number of thioether (sulfide) groups is 1. The lowest BCUT2D eigenvalue weighted by Gasteiger charge is -2.09. The molecule has 96 valence electrons. The van der Waals surface area contributed by atoms with Gasteiger partial charge in [0.15, 0.2) is 21.9 Å². The number of ether oxygens (including phenoxy) is 2. The number of benzene rings is 1. The Bertz CT molecular complexity index is 618. The first-order valence-corrected chi connectivity index (χ1v) is 6.51. The van der Waals surface area contributed by atoms with E-state index in [2.05, 4.69) is 0 Å². The molecule has 0 saturated heterocycles. The van der Waals surface area contributed by atoms with Gasteiger partial charge in [0.05, 0.1) is 14.2 Å². The molecule has 0 amide bonds. The average Bonchev–Trinajstić information content (AvgIpc) is 2.37. The zero-order valence-corrected chi connectivity index (χ0v) is 11.3. The summed E-state index contributed by atoms with van der Waals surface area (Å²) in [7, 11) is 3.07. The minimum absolute atomic E-state index is 0.122. The van der Waals surface area contributed by atoms with Crippen molar-refractivity contribution in [2.75, 3.05) is 20.0 Å². The molecule has 1 aromatic heterocycles. The number of methoxy groups -OCH3 is 2. The molecule has 0 aliphatic heterocycles. The van der Waals surface area contributed by atoms with Crippen molar-refractivity contribution in [1.29, 1.82) is 0 Å². The van der Waals surface area contributed by atoms with Gasteiger partial charge in [-0.3, -0.25) is 4.79 Å². The van der Waals surface area contributed by atoms with Gasteiger partial charge in [0.1, 0.15) is 11.1 Å². The van der Waals surface area contributed by atoms with E-state index in [4.69, 9.17) is 13.9 Å². The smallest absolute Gasteiger partial charge is 0.197 e. The summed E-state index contributed by atoms with van der Waals surface area (Å²) in [5.74, 6) is 1.86. The average molecular weight is 266 g/mol. The molecule has 0 bridgehead atoms. The van der Waals surface area contributed by atoms with E-state index in [1.807, 2.05) is 6.92 Å².